The molecule has 0 saturated carbocycles. The number of rotatable bonds is 9. The Labute approximate surface area is 199 Å². The zero-order valence-electron chi connectivity index (χ0n) is 19.2. The molecule has 0 aliphatic carbocycles. The first-order chi connectivity index (χ1) is 16.3. The molecule has 1 spiro atoms. The molecule has 186 valence electrons. The van der Waals surface area contributed by atoms with E-state index in [2.05, 4.69) is 24.9 Å². The van der Waals surface area contributed by atoms with E-state index in [1.165, 1.54) is 19.2 Å². The van der Waals surface area contributed by atoms with Crippen molar-refractivity contribution in [2.24, 2.45) is 0 Å². The molecule has 11 nitrogen and oxygen atoms in total. The minimum Gasteiger partial charge on any atom is -0.491 e. The van der Waals surface area contributed by atoms with E-state index in [0.29, 0.717) is 30.7 Å². The molecular weight excluding hydrogens is 460 g/mol. The number of benzene rings is 1. The highest BCUT2D eigenvalue weighted by atomic mass is 32.2. The van der Waals surface area contributed by atoms with E-state index in [0.717, 1.165) is 32.4 Å². The van der Waals surface area contributed by atoms with Crippen molar-refractivity contribution in [3.63, 3.8) is 0 Å². The van der Waals surface area contributed by atoms with Crippen LogP contribution in [0.1, 0.15) is 19.3 Å². The average molecular weight is 493 g/mol. The van der Waals surface area contributed by atoms with Crippen LogP contribution < -0.4 is 25.4 Å². The lowest BCUT2D eigenvalue weighted by Gasteiger charge is -2.38. The molecule has 2 aromatic rings. The number of nitrogen functional groups attached to an aromatic ring is 1. The zero-order valence-corrected chi connectivity index (χ0v) is 20.0. The molecule has 5 N–H and O–H groups in total. The number of anilines is 2. The van der Waals surface area contributed by atoms with Crippen LogP contribution in [-0.2, 0) is 14.8 Å². The Morgan fingerprint density at radius 2 is 2.15 bits per heavy atom. The first kappa shape index (κ1) is 24.6. The topological polar surface area (TPSA) is 152 Å². The number of nitrogens with two attached hydrogens (primary N) is 1. The fourth-order valence-electron chi connectivity index (χ4n) is 4.36. The molecule has 2 saturated heterocycles. The Morgan fingerprint density at radius 1 is 1.35 bits per heavy atom. The number of aliphatic hydroxyl groups excluding tert-OH is 1. The zero-order chi connectivity index (χ0) is 24.2. The van der Waals surface area contributed by atoms with Gasteiger partial charge in [0.05, 0.1) is 17.1 Å². The smallest absolute Gasteiger partial charge is 0.240 e. The number of aliphatic hydroxyl groups is 1. The van der Waals surface area contributed by atoms with Crippen LogP contribution in [0.2, 0.25) is 0 Å². The number of sulfonamides is 1. The predicted molar refractivity (Wildman–Crippen MR) is 127 cm³/mol. The van der Waals surface area contributed by atoms with Crippen molar-refractivity contribution in [3.8, 4) is 5.75 Å². The molecule has 2 aliphatic rings. The molecule has 2 aliphatic heterocycles. The van der Waals surface area contributed by atoms with E-state index < -0.39 is 16.1 Å². The monoisotopic (exact) mass is 492 g/mol. The van der Waals surface area contributed by atoms with Crippen LogP contribution in [0, 0.1) is 0 Å². The minimum absolute atomic E-state index is 0.0456. The van der Waals surface area contributed by atoms with E-state index in [9.17, 15) is 13.5 Å². The van der Waals surface area contributed by atoms with E-state index in [1.54, 1.807) is 24.4 Å². The number of hydrogen-bond acceptors (Lipinski definition) is 10. The molecule has 0 bridgehead atoms. The van der Waals surface area contributed by atoms with Gasteiger partial charge in [-0.05, 0) is 44.5 Å². The first-order valence-electron chi connectivity index (χ1n) is 11.3. The van der Waals surface area contributed by atoms with Gasteiger partial charge in [0, 0.05) is 37.9 Å². The Kier molecular flexibility index (Phi) is 7.53. The maximum absolute atomic E-state index is 11.9. The fraction of sp³-hybridized carbons (Fsp3) is 0.545. The van der Waals surface area contributed by atoms with Gasteiger partial charge in [0.15, 0.2) is 0 Å². The standard InChI is InChI=1S/C22H32N6O5S/c1-24-34(30,31)19-4-2-3-18(11-19)32-15-17(29)13-26-16-12-22(33-14-16)6-9-28(10-7-22)21-25-8-5-20(23)27-21/h2-5,8,11,16-17,24,26,29H,6-7,9-10,12-15H2,1H3,(H2,23,25,27)/t16-,17+/m1/s1. The summed E-state index contributed by atoms with van der Waals surface area (Å²) in [6.45, 7) is 2.59. The number of ether oxygens (including phenoxy) is 2. The SMILES string of the molecule is CNS(=O)(=O)c1cccc(OC[C@@H](O)CN[C@H]2COC3(CCN(c4nccc(N)n4)CC3)C2)c1. The molecule has 3 heterocycles. The van der Waals surface area contributed by atoms with Gasteiger partial charge < -0.3 is 30.5 Å². The van der Waals surface area contributed by atoms with E-state index in [4.69, 9.17) is 15.2 Å². The fourth-order valence-corrected chi connectivity index (χ4v) is 5.12. The Hall–Kier alpha value is -2.51. The Bertz CT molecular complexity index is 1080. The van der Waals surface area contributed by atoms with Crippen molar-refractivity contribution >= 4 is 21.8 Å². The van der Waals surface area contributed by atoms with Crippen LogP contribution in [0.3, 0.4) is 0 Å². The van der Waals surface area contributed by atoms with Gasteiger partial charge in [-0.2, -0.15) is 4.98 Å². The van der Waals surface area contributed by atoms with Crippen LogP contribution in [0.25, 0.3) is 0 Å². The molecule has 34 heavy (non-hydrogen) atoms. The summed E-state index contributed by atoms with van der Waals surface area (Å²) in [5.41, 5.74) is 5.60. The predicted octanol–water partition coefficient (Wildman–Crippen LogP) is 0.124. The van der Waals surface area contributed by atoms with Gasteiger partial charge in [-0.3, -0.25) is 0 Å². The quantitative estimate of drug-likeness (QED) is 0.380. The van der Waals surface area contributed by atoms with Gasteiger partial charge in [0.2, 0.25) is 16.0 Å². The second-order valence-electron chi connectivity index (χ2n) is 8.72. The van der Waals surface area contributed by atoms with Crippen molar-refractivity contribution in [2.45, 2.75) is 41.9 Å². The van der Waals surface area contributed by atoms with Crippen LogP contribution in [0.4, 0.5) is 11.8 Å². The van der Waals surface area contributed by atoms with Gasteiger partial charge in [-0.25, -0.2) is 18.1 Å². The van der Waals surface area contributed by atoms with Crippen molar-refractivity contribution < 1.29 is 23.0 Å². The summed E-state index contributed by atoms with van der Waals surface area (Å²) in [5, 5.41) is 13.7. The molecule has 2 fully saturated rings. The lowest BCUT2D eigenvalue weighted by molar-refractivity contribution is -0.0152. The molecule has 0 amide bonds. The van der Waals surface area contributed by atoms with E-state index >= 15 is 0 Å². The third kappa shape index (κ3) is 5.94. The van der Waals surface area contributed by atoms with E-state index in [-0.39, 0.29) is 23.1 Å². The lowest BCUT2D eigenvalue weighted by atomic mass is 9.87. The van der Waals surface area contributed by atoms with Gasteiger partial charge in [-0.15, -0.1) is 0 Å². The van der Waals surface area contributed by atoms with Crippen molar-refractivity contribution in [1.82, 2.24) is 20.0 Å². The number of hydrogen-bond donors (Lipinski definition) is 4. The lowest BCUT2D eigenvalue weighted by Crippen LogP contribution is -2.45. The number of nitrogens with one attached hydrogen (secondary N) is 2. The molecule has 12 heteroatoms. The van der Waals surface area contributed by atoms with Gasteiger partial charge in [0.1, 0.15) is 24.3 Å². The highest BCUT2D eigenvalue weighted by Gasteiger charge is 2.43. The van der Waals surface area contributed by atoms with Gasteiger partial charge in [-0.1, -0.05) is 6.07 Å². The van der Waals surface area contributed by atoms with Crippen LogP contribution in [-0.4, -0.2) is 81.1 Å². The van der Waals surface area contributed by atoms with Crippen molar-refractivity contribution in [1.29, 1.82) is 0 Å². The Balaban J connectivity index is 1.20. The number of nitrogens with zero attached hydrogens (tertiary/aromatic N) is 3. The molecule has 0 radical (unpaired) electrons. The molecular formula is C22H32N6O5S. The largest absolute Gasteiger partial charge is 0.491 e. The van der Waals surface area contributed by atoms with E-state index in [1.807, 2.05) is 0 Å². The molecule has 1 aromatic carbocycles. The molecule has 0 unspecified atom stereocenters. The molecule has 4 rings (SSSR count). The van der Waals surface area contributed by atoms with Crippen molar-refractivity contribution in [2.75, 3.05) is 50.5 Å². The molecule has 2 atom stereocenters. The third-order valence-corrected chi connectivity index (χ3v) is 7.71. The van der Waals surface area contributed by atoms with Gasteiger partial charge >= 0.3 is 0 Å². The summed E-state index contributed by atoms with van der Waals surface area (Å²) in [4.78, 5) is 10.9. The summed E-state index contributed by atoms with van der Waals surface area (Å²) < 4.78 is 37.9. The number of aromatic nitrogens is 2. The third-order valence-electron chi connectivity index (χ3n) is 6.30. The van der Waals surface area contributed by atoms with Crippen LogP contribution in [0.5, 0.6) is 5.75 Å². The van der Waals surface area contributed by atoms with Crippen molar-refractivity contribution in [3.05, 3.63) is 36.5 Å². The second-order valence-corrected chi connectivity index (χ2v) is 10.6. The van der Waals surface area contributed by atoms with Crippen LogP contribution in [0.15, 0.2) is 41.4 Å². The highest BCUT2D eigenvalue weighted by Crippen LogP contribution is 2.36. The maximum Gasteiger partial charge on any atom is 0.240 e. The summed E-state index contributed by atoms with van der Waals surface area (Å²) in [7, 11) is -2.20. The Morgan fingerprint density at radius 3 is 2.88 bits per heavy atom. The summed E-state index contributed by atoms with van der Waals surface area (Å²) >= 11 is 0. The summed E-state index contributed by atoms with van der Waals surface area (Å²) in [5.74, 6) is 1.50. The van der Waals surface area contributed by atoms with Gasteiger partial charge in [0.25, 0.3) is 0 Å². The highest BCUT2D eigenvalue weighted by molar-refractivity contribution is 7.89. The normalized spacial score (nSPS) is 21.0. The summed E-state index contributed by atoms with van der Waals surface area (Å²) in [6.07, 6.45) is 3.55. The minimum atomic E-state index is -3.55. The van der Waals surface area contributed by atoms with Crippen LogP contribution >= 0.6 is 0 Å². The number of piperidine rings is 1. The second kappa shape index (κ2) is 10.4. The summed E-state index contributed by atoms with van der Waals surface area (Å²) in [6, 6.07) is 8.00. The molecule has 1 aromatic heterocycles. The average Bonchev–Trinajstić information content (AvgIpc) is 3.24. The maximum atomic E-state index is 11.9. The first-order valence-corrected chi connectivity index (χ1v) is 12.8.